The Morgan fingerprint density at radius 1 is 1.12 bits per heavy atom. The monoisotopic (exact) mass is 607 g/mol. The molecule has 0 bridgehead atoms. The van der Waals surface area contributed by atoms with Gasteiger partial charge in [0.2, 0.25) is 5.91 Å². The molecule has 0 radical (unpaired) electrons. The first-order chi connectivity index (χ1) is 20.1. The normalized spacial score (nSPS) is 15.0. The molecule has 0 saturated carbocycles. The van der Waals surface area contributed by atoms with Crippen LogP contribution in [0.2, 0.25) is 0 Å². The van der Waals surface area contributed by atoms with Crippen molar-refractivity contribution in [1.29, 1.82) is 0 Å². The molecule has 3 aromatic carbocycles. The molecule has 4 amide bonds. The molecule has 0 spiro atoms. The molecule has 4 rings (SSSR count). The Balaban J connectivity index is 1.55. The maximum Gasteiger partial charge on any atom is 0.319 e. The van der Waals surface area contributed by atoms with Crippen molar-refractivity contribution in [3.05, 3.63) is 77.9 Å². The summed E-state index contributed by atoms with van der Waals surface area (Å²) in [6.45, 7) is 4.37. The Bertz CT molecular complexity index is 1430. The first kappa shape index (κ1) is 31.4. The van der Waals surface area contributed by atoms with E-state index in [9.17, 15) is 14.4 Å². The number of carbonyl (C=O) groups excluding carboxylic acids is 3. The van der Waals surface area contributed by atoms with Crippen molar-refractivity contribution < 1.29 is 19.5 Å². The SMILES string of the molecule is CSc1ccc2c(c1)S[C@@H](NC(=O)CC(C)(C)N)C(=O)N(Cc1ccc(-c3ccccc3NC(=O)NCCO)cc1)C2. The number of hydrogen-bond acceptors (Lipinski definition) is 7. The summed E-state index contributed by atoms with van der Waals surface area (Å²) in [5.41, 5.74) is 9.71. The molecular formula is C31H37N5O4S2. The van der Waals surface area contributed by atoms with E-state index in [0.717, 1.165) is 32.0 Å². The summed E-state index contributed by atoms with van der Waals surface area (Å²) in [7, 11) is 0. The quantitative estimate of drug-likeness (QED) is 0.216. The summed E-state index contributed by atoms with van der Waals surface area (Å²) in [6.07, 6.45) is 2.11. The lowest BCUT2D eigenvalue weighted by molar-refractivity contribution is -0.135. The molecule has 1 aliphatic heterocycles. The van der Waals surface area contributed by atoms with E-state index >= 15 is 0 Å². The zero-order chi connectivity index (χ0) is 30.3. The van der Waals surface area contributed by atoms with Crippen molar-refractivity contribution in [2.24, 2.45) is 5.73 Å². The minimum Gasteiger partial charge on any atom is -0.395 e. The van der Waals surface area contributed by atoms with E-state index in [1.165, 1.54) is 11.8 Å². The maximum absolute atomic E-state index is 13.8. The van der Waals surface area contributed by atoms with Crippen LogP contribution in [0.15, 0.2) is 76.5 Å². The van der Waals surface area contributed by atoms with Crippen molar-refractivity contribution in [3.8, 4) is 11.1 Å². The van der Waals surface area contributed by atoms with Crippen LogP contribution in [0.5, 0.6) is 0 Å². The second-order valence-corrected chi connectivity index (χ2v) is 12.8. The van der Waals surface area contributed by atoms with Gasteiger partial charge in [-0.25, -0.2) is 4.79 Å². The zero-order valence-corrected chi connectivity index (χ0v) is 25.6. The van der Waals surface area contributed by atoms with Gasteiger partial charge in [0.05, 0.1) is 12.3 Å². The first-order valence-corrected chi connectivity index (χ1v) is 15.7. The van der Waals surface area contributed by atoms with Crippen LogP contribution < -0.4 is 21.7 Å². The summed E-state index contributed by atoms with van der Waals surface area (Å²) in [5.74, 6) is -0.433. The zero-order valence-electron chi connectivity index (χ0n) is 24.0. The molecule has 0 saturated heterocycles. The largest absolute Gasteiger partial charge is 0.395 e. The Hall–Kier alpha value is -3.51. The fourth-order valence-electron chi connectivity index (χ4n) is 4.55. The molecule has 0 aliphatic carbocycles. The van der Waals surface area contributed by atoms with Gasteiger partial charge in [-0.15, -0.1) is 11.8 Å². The number of urea groups is 1. The van der Waals surface area contributed by atoms with E-state index in [-0.39, 0.29) is 31.4 Å². The minimum atomic E-state index is -0.771. The van der Waals surface area contributed by atoms with Gasteiger partial charge >= 0.3 is 6.03 Å². The van der Waals surface area contributed by atoms with E-state index in [0.29, 0.717) is 18.8 Å². The van der Waals surface area contributed by atoms with Crippen LogP contribution in [-0.4, -0.2) is 58.2 Å². The molecule has 6 N–H and O–H groups in total. The van der Waals surface area contributed by atoms with Crippen LogP contribution in [0.1, 0.15) is 31.4 Å². The lowest BCUT2D eigenvalue weighted by Gasteiger charge is -2.26. The average molecular weight is 608 g/mol. The smallest absolute Gasteiger partial charge is 0.319 e. The Kier molecular flexibility index (Phi) is 10.6. The van der Waals surface area contributed by atoms with E-state index < -0.39 is 16.9 Å². The molecule has 222 valence electrons. The Morgan fingerprint density at radius 3 is 2.55 bits per heavy atom. The second-order valence-electron chi connectivity index (χ2n) is 10.7. The number of fused-ring (bicyclic) bond motifs is 1. The fraction of sp³-hybridized carbons (Fsp3) is 0.323. The molecule has 1 atom stereocenters. The number of thioether (sulfide) groups is 2. The van der Waals surface area contributed by atoms with Crippen LogP contribution in [0.25, 0.3) is 11.1 Å². The Labute approximate surface area is 255 Å². The van der Waals surface area contributed by atoms with Gasteiger partial charge in [0.1, 0.15) is 0 Å². The lowest BCUT2D eigenvalue weighted by atomic mass is 10.0. The third-order valence-electron chi connectivity index (χ3n) is 6.54. The van der Waals surface area contributed by atoms with Crippen molar-refractivity contribution in [2.75, 3.05) is 24.7 Å². The molecule has 9 nitrogen and oxygen atoms in total. The van der Waals surface area contributed by atoms with Crippen molar-refractivity contribution >= 4 is 47.1 Å². The number of carbonyl (C=O) groups is 3. The highest BCUT2D eigenvalue weighted by Gasteiger charge is 2.32. The predicted octanol–water partition coefficient (Wildman–Crippen LogP) is 4.39. The highest BCUT2D eigenvalue weighted by Crippen LogP contribution is 2.35. The highest BCUT2D eigenvalue weighted by atomic mass is 32.2. The number of nitrogens with zero attached hydrogens (tertiary/aromatic N) is 1. The number of benzene rings is 3. The number of nitrogens with one attached hydrogen (secondary N) is 3. The molecule has 3 aromatic rings. The molecule has 0 unspecified atom stereocenters. The van der Waals surface area contributed by atoms with Gasteiger partial charge in [0.15, 0.2) is 5.37 Å². The van der Waals surface area contributed by atoms with Crippen LogP contribution >= 0.6 is 23.5 Å². The molecule has 42 heavy (non-hydrogen) atoms. The summed E-state index contributed by atoms with van der Waals surface area (Å²) >= 11 is 2.99. The predicted molar refractivity (Wildman–Crippen MR) is 169 cm³/mol. The van der Waals surface area contributed by atoms with E-state index in [4.69, 9.17) is 10.8 Å². The molecular weight excluding hydrogens is 571 g/mol. The highest BCUT2D eigenvalue weighted by molar-refractivity contribution is 8.01. The van der Waals surface area contributed by atoms with Crippen LogP contribution in [0, 0.1) is 0 Å². The van der Waals surface area contributed by atoms with Crippen LogP contribution in [0.4, 0.5) is 10.5 Å². The number of nitrogens with two attached hydrogens (primary N) is 1. The van der Waals surface area contributed by atoms with Gasteiger partial charge in [-0.3, -0.25) is 9.59 Å². The molecule has 0 aromatic heterocycles. The third kappa shape index (κ3) is 8.51. The average Bonchev–Trinajstić information content (AvgIpc) is 3.07. The van der Waals surface area contributed by atoms with E-state index in [1.807, 2.05) is 66.9 Å². The molecule has 1 heterocycles. The first-order valence-electron chi connectivity index (χ1n) is 13.6. The standard InChI is InChI=1S/C31H37N5O4S2/c1-31(2,32)17-27(38)35-28-29(39)36(19-22-12-13-23(41-3)16-26(22)42-28)18-20-8-10-21(11-9-20)24-6-4-5-7-25(24)34-30(40)33-14-15-37/h4-13,16,28,37H,14-15,17-19,32H2,1-3H3,(H,35,38)(H2,33,34,40)/t28-/m1/s1. The van der Waals surface area contributed by atoms with Gasteiger partial charge in [0.25, 0.3) is 5.91 Å². The van der Waals surface area contributed by atoms with Crippen LogP contribution in [-0.2, 0) is 22.7 Å². The topological polar surface area (TPSA) is 137 Å². The van der Waals surface area contributed by atoms with Gasteiger partial charge in [-0.2, -0.15) is 0 Å². The molecule has 11 heteroatoms. The van der Waals surface area contributed by atoms with Gasteiger partial charge in [0, 0.05) is 46.9 Å². The summed E-state index contributed by atoms with van der Waals surface area (Å²) in [4.78, 5) is 42.6. The number of rotatable bonds is 10. The number of aliphatic hydroxyl groups is 1. The number of anilines is 1. The van der Waals surface area contributed by atoms with Gasteiger partial charge in [-0.05, 0) is 55.0 Å². The maximum atomic E-state index is 13.8. The van der Waals surface area contributed by atoms with Gasteiger partial charge in [-0.1, -0.05) is 60.3 Å². The van der Waals surface area contributed by atoms with Crippen LogP contribution in [0.3, 0.4) is 0 Å². The number of para-hydroxylation sites is 1. The van der Waals surface area contributed by atoms with Crippen molar-refractivity contribution in [1.82, 2.24) is 15.5 Å². The number of amides is 4. The number of hydrogen-bond donors (Lipinski definition) is 5. The summed E-state index contributed by atoms with van der Waals surface area (Å²) in [6, 6.07) is 21.1. The fourth-order valence-corrected chi connectivity index (χ4v) is 6.24. The van der Waals surface area contributed by atoms with E-state index in [2.05, 4.69) is 22.0 Å². The van der Waals surface area contributed by atoms with Gasteiger partial charge < -0.3 is 31.7 Å². The molecule has 1 aliphatic rings. The molecule has 0 fully saturated rings. The third-order valence-corrected chi connectivity index (χ3v) is 8.45. The van der Waals surface area contributed by atoms with Crippen molar-refractivity contribution in [3.63, 3.8) is 0 Å². The summed E-state index contributed by atoms with van der Waals surface area (Å²) in [5, 5.41) is 16.5. The lowest BCUT2D eigenvalue weighted by Crippen LogP contribution is -2.47. The summed E-state index contributed by atoms with van der Waals surface area (Å²) < 4.78 is 0. The Morgan fingerprint density at radius 2 is 1.86 bits per heavy atom. The second kappa shape index (κ2) is 14.1. The minimum absolute atomic E-state index is 0.107. The number of aliphatic hydroxyl groups excluding tert-OH is 1. The van der Waals surface area contributed by atoms with Crippen molar-refractivity contribution in [2.45, 2.75) is 54.1 Å². The van der Waals surface area contributed by atoms with E-state index in [1.54, 1.807) is 30.5 Å².